The van der Waals surface area contributed by atoms with Crippen molar-refractivity contribution in [1.29, 1.82) is 0 Å². The van der Waals surface area contributed by atoms with Crippen LogP contribution in [0.5, 0.6) is 0 Å². The number of esters is 1. The summed E-state index contributed by atoms with van der Waals surface area (Å²) in [4.78, 5) is 21.0. The molecule has 0 aromatic heterocycles. The number of hydrogen-bond acceptors (Lipinski definition) is 7. The number of carbonyl (C=O) groups excluding carboxylic acids is 1. The fraction of sp³-hybridized carbons (Fsp3) is 0.952. The van der Waals surface area contributed by atoms with E-state index in [0.29, 0.717) is 6.42 Å². The zero-order valence-corrected chi connectivity index (χ0v) is 19.7. The maximum absolute atomic E-state index is 11.7. The highest BCUT2D eigenvalue weighted by Crippen LogP contribution is 2.42. The molecule has 0 fully saturated rings. The monoisotopic (exact) mass is 453 g/mol. The molecule has 8 nitrogen and oxygen atoms in total. The van der Waals surface area contributed by atoms with E-state index < -0.39 is 20.5 Å². The van der Waals surface area contributed by atoms with E-state index in [4.69, 9.17) is 10.5 Å². The molecule has 0 saturated heterocycles. The minimum absolute atomic E-state index is 0.0767. The predicted octanol–water partition coefficient (Wildman–Crippen LogP) is 4.46. The molecule has 0 saturated carbocycles. The summed E-state index contributed by atoms with van der Waals surface area (Å²) in [5.41, 5.74) is 5.16. The van der Waals surface area contributed by atoms with Crippen molar-refractivity contribution in [2.24, 2.45) is 5.73 Å². The van der Waals surface area contributed by atoms with Crippen LogP contribution in [0, 0.1) is 0 Å². The normalized spacial score (nSPS) is 14.4. The van der Waals surface area contributed by atoms with Gasteiger partial charge in [-0.25, -0.2) is 4.57 Å². The second kappa shape index (κ2) is 20.4. The molecule has 0 amide bonds. The van der Waals surface area contributed by atoms with E-state index in [1.54, 1.807) is 0 Å². The number of rotatable bonds is 22. The van der Waals surface area contributed by atoms with Crippen molar-refractivity contribution in [3.8, 4) is 0 Å². The Balaban J connectivity index is 3.46. The third-order valence-electron chi connectivity index (χ3n) is 4.72. The minimum atomic E-state index is -4.23. The molecule has 0 heterocycles. The van der Waals surface area contributed by atoms with Crippen molar-refractivity contribution in [2.75, 3.05) is 26.4 Å². The number of carbonyl (C=O) groups is 1. The van der Waals surface area contributed by atoms with Crippen LogP contribution in [0.4, 0.5) is 0 Å². The quantitative estimate of drug-likeness (QED) is 0.124. The van der Waals surface area contributed by atoms with Gasteiger partial charge in [-0.1, -0.05) is 84.0 Å². The lowest BCUT2D eigenvalue weighted by atomic mass is 10.0. The van der Waals surface area contributed by atoms with E-state index in [-0.39, 0.29) is 25.7 Å². The fourth-order valence-electron chi connectivity index (χ4n) is 2.98. The molecule has 0 spiro atoms. The Morgan fingerprint density at radius 2 is 1.37 bits per heavy atom. The third-order valence-corrected chi connectivity index (χ3v) is 5.71. The standard InChI is InChI=1S/C21H44NO7P/c1-2-3-4-5-6-7-8-9-10-11-12-13-14-15-21(24)27-18-20(23)19-29-30(25,26)28-17-16-22/h20,23H,2-19,22H2,1H3,(H,25,26)/t20-/m1/s1. The first kappa shape index (κ1) is 29.5. The molecule has 0 rings (SSSR count). The van der Waals surface area contributed by atoms with Crippen LogP contribution in [-0.2, 0) is 23.1 Å². The average molecular weight is 454 g/mol. The number of unbranched alkanes of at least 4 members (excludes halogenated alkanes) is 12. The van der Waals surface area contributed by atoms with Gasteiger partial charge in [-0.2, -0.15) is 0 Å². The Kier molecular flexibility index (Phi) is 20.1. The summed E-state index contributed by atoms with van der Waals surface area (Å²) in [5, 5.41) is 9.66. The van der Waals surface area contributed by atoms with Crippen molar-refractivity contribution >= 4 is 13.8 Å². The summed E-state index contributed by atoms with van der Waals surface area (Å²) in [6.45, 7) is 1.44. The van der Waals surface area contributed by atoms with Crippen LogP contribution < -0.4 is 5.73 Å². The molecule has 0 aliphatic rings. The summed E-state index contributed by atoms with van der Waals surface area (Å²) in [5.74, 6) is -0.385. The lowest BCUT2D eigenvalue weighted by Gasteiger charge is -2.15. The second-order valence-corrected chi connectivity index (χ2v) is 9.17. The highest BCUT2D eigenvalue weighted by Gasteiger charge is 2.22. The van der Waals surface area contributed by atoms with Gasteiger partial charge in [0.1, 0.15) is 12.7 Å². The minimum Gasteiger partial charge on any atom is -0.463 e. The van der Waals surface area contributed by atoms with Gasteiger partial charge < -0.3 is 20.5 Å². The van der Waals surface area contributed by atoms with E-state index in [1.807, 2.05) is 0 Å². The van der Waals surface area contributed by atoms with Gasteiger partial charge in [-0.05, 0) is 6.42 Å². The number of aliphatic hydroxyl groups excluding tert-OH is 1. The Morgan fingerprint density at radius 3 is 1.87 bits per heavy atom. The van der Waals surface area contributed by atoms with Gasteiger partial charge in [0, 0.05) is 13.0 Å². The summed E-state index contributed by atoms with van der Waals surface area (Å²) in [7, 11) is -4.23. The number of phosphoric acid groups is 1. The molecule has 0 aliphatic heterocycles. The van der Waals surface area contributed by atoms with Crippen LogP contribution in [0.3, 0.4) is 0 Å². The summed E-state index contributed by atoms with van der Waals surface area (Å²) >= 11 is 0. The number of nitrogens with two attached hydrogens (primary N) is 1. The molecule has 4 N–H and O–H groups in total. The SMILES string of the molecule is CCCCCCCCCCCCCCCC(=O)OC[C@@H](O)COP(=O)(O)OCCN. The van der Waals surface area contributed by atoms with Gasteiger partial charge >= 0.3 is 13.8 Å². The van der Waals surface area contributed by atoms with Gasteiger partial charge in [0.15, 0.2) is 0 Å². The first-order valence-electron chi connectivity index (χ1n) is 11.6. The predicted molar refractivity (Wildman–Crippen MR) is 118 cm³/mol. The molecular weight excluding hydrogens is 409 g/mol. The van der Waals surface area contributed by atoms with Crippen molar-refractivity contribution in [1.82, 2.24) is 0 Å². The lowest BCUT2D eigenvalue weighted by Crippen LogP contribution is -2.23. The van der Waals surface area contributed by atoms with Crippen molar-refractivity contribution in [2.45, 2.75) is 103 Å². The first-order chi connectivity index (χ1) is 14.4. The van der Waals surface area contributed by atoms with Crippen LogP contribution in [-0.4, -0.2) is 48.4 Å². The summed E-state index contributed by atoms with van der Waals surface area (Å²) in [6, 6.07) is 0. The second-order valence-electron chi connectivity index (χ2n) is 7.72. The highest BCUT2D eigenvalue weighted by molar-refractivity contribution is 7.47. The fourth-order valence-corrected chi connectivity index (χ4v) is 3.75. The number of aliphatic hydroxyl groups is 1. The van der Waals surface area contributed by atoms with Crippen molar-refractivity contribution in [3.05, 3.63) is 0 Å². The maximum Gasteiger partial charge on any atom is 0.472 e. The van der Waals surface area contributed by atoms with E-state index in [9.17, 15) is 19.4 Å². The molecule has 9 heteroatoms. The highest BCUT2D eigenvalue weighted by atomic mass is 31.2. The Hall–Kier alpha value is -0.500. The zero-order valence-electron chi connectivity index (χ0n) is 18.8. The van der Waals surface area contributed by atoms with Crippen LogP contribution >= 0.6 is 7.82 Å². The lowest BCUT2D eigenvalue weighted by molar-refractivity contribution is -0.147. The molecule has 30 heavy (non-hydrogen) atoms. The zero-order chi connectivity index (χ0) is 22.5. The molecule has 0 aliphatic carbocycles. The van der Waals surface area contributed by atoms with Crippen molar-refractivity contribution in [3.63, 3.8) is 0 Å². The summed E-state index contributed by atoms with van der Waals surface area (Å²) in [6.07, 6.45) is 15.2. The van der Waals surface area contributed by atoms with Gasteiger partial charge in [0.25, 0.3) is 0 Å². The Bertz CT molecular complexity index is 451. The Morgan fingerprint density at radius 1 is 0.867 bits per heavy atom. The van der Waals surface area contributed by atoms with E-state index >= 15 is 0 Å². The van der Waals surface area contributed by atoms with Crippen LogP contribution in [0.15, 0.2) is 0 Å². The molecular formula is C21H44NO7P. The molecule has 1 unspecified atom stereocenters. The Labute approximate surface area is 182 Å². The topological polar surface area (TPSA) is 128 Å². The number of hydrogen-bond donors (Lipinski definition) is 3. The van der Waals surface area contributed by atoms with Crippen LogP contribution in [0.2, 0.25) is 0 Å². The third kappa shape index (κ3) is 20.8. The molecule has 0 radical (unpaired) electrons. The van der Waals surface area contributed by atoms with Crippen LogP contribution in [0.25, 0.3) is 0 Å². The van der Waals surface area contributed by atoms with Gasteiger partial charge in [0.2, 0.25) is 0 Å². The van der Waals surface area contributed by atoms with E-state index in [2.05, 4.69) is 16.0 Å². The number of phosphoric ester groups is 1. The molecule has 0 bridgehead atoms. The maximum atomic E-state index is 11.7. The summed E-state index contributed by atoms with van der Waals surface area (Å²) < 4.78 is 25.5. The molecule has 180 valence electrons. The molecule has 0 aromatic rings. The first-order valence-corrected chi connectivity index (χ1v) is 13.1. The van der Waals surface area contributed by atoms with Crippen molar-refractivity contribution < 1.29 is 33.1 Å². The largest absolute Gasteiger partial charge is 0.472 e. The van der Waals surface area contributed by atoms with Gasteiger partial charge in [-0.15, -0.1) is 0 Å². The molecule has 2 atom stereocenters. The smallest absolute Gasteiger partial charge is 0.463 e. The molecule has 0 aromatic carbocycles. The number of ether oxygens (including phenoxy) is 1. The van der Waals surface area contributed by atoms with E-state index in [1.165, 1.54) is 64.2 Å². The average Bonchev–Trinajstić information content (AvgIpc) is 2.72. The van der Waals surface area contributed by atoms with Gasteiger partial charge in [-0.3, -0.25) is 13.8 Å². The van der Waals surface area contributed by atoms with Gasteiger partial charge in [0.05, 0.1) is 13.2 Å². The van der Waals surface area contributed by atoms with E-state index in [0.717, 1.165) is 19.3 Å². The van der Waals surface area contributed by atoms with Crippen LogP contribution in [0.1, 0.15) is 96.8 Å².